The molecule has 6 heteroatoms. The first-order valence-corrected chi connectivity index (χ1v) is 3.75. The molecule has 0 atom stereocenters. The molecule has 11 heavy (non-hydrogen) atoms. The van der Waals surface area contributed by atoms with Gasteiger partial charge in [0.15, 0.2) is 0 Å². The van der Waals surface area contributed by atoms with Gasteiger partial charge in [-0.1, -0.05) is 21.1 Å². The van der Waals surface area contributed by atoms with Crippen molar-refractivity contribution in [3.63, 3.8) is 0 Å². The lowest BCUT2D eigenvalue weighted by Crippen LogP contribution is -2.31. The van der Waals surface area contributed by atoms with Crippen molar-refractivity contribution in [2.24, 2.45) is 10.9 Å². The molecule has 0 aliphatic carbocycles. The Balaban J connectivity index is 4.48. The van der Waals surface area contributed by atoms with E-state index in [9.17, 15) is 9.59 Å². The fourth-order valence-corrected chi connectivity index (χ4v) is 0.653. The van der Waals surface area contributed by atoms with Crippen LogP contribution in [-0.2, 0) is 14.4 Å². The van der Waals surface area contributed by atoms with Gasteiger partial charge in [0.05, 0.1) is 5.33 Å². The Labute approximate surface area is 71.7 Å². The van der Waals surface area contributed by atoms with E-state index in [1.165, 1.54) is 7.11 Å². The number of halogens is 1. The standard InChI is InChI=1S/C5H7BrN2O3/c1-11-8-4(5(7)10)3(9)2-6/h2H2,1H3,(H2,7,10)/b8-4-. The number of ketones is 1. The molecule has 0 rings (SSSR count). The van der Waals surface area contributed by atoms with E-state index >= 15 is 0 Å². The maximum Gasteiger partial charge on any atom is 0.274 e. The van der Waals surface area contributed by atoms with Gasteiger partial charge in [-0.05, 0) is 0 Å². The van der Waals surface area contributed by atoms with Gasteiger partial charge in [-0.25, -0.2) is 0 Å². The van der Waals surface area contributed by atoms with Gasteiger partial charge in [0, 0.05) is 0 Å². The topological polar surface area (TPSA) is 81.8 Å². The summed E-state index contributed by atoms with van der Waals surface area (Å²) in [5.74, 6) is -1.39. The predicted octanol–water partition coefficient (Wildman–Crippen LogP) is -0.562. The van der Waals surface area contributed by atoms with E-state index in [0.29, 0.717) is 0 Å². The van der Waals surface area contributed by atoms with Gasteiger partial charge >= 0.3 is 0 Å². The van der Waals surface area contributed by atoms with Gasteiger partial charge in [-0.15, -0.1) is 0 Å². The van der Waals surface area contributed by atoms with Crippen molar-refractivity contribution in [3.8, 4) is 0 Å². The minimum absolute atomic E-state index is 0.00185. The van der Waals surface area contributed by atoms with Gasteiger partial charge in [0.2, 0.25) is 11.5 Å². The lowest BCUT2D eigenvalue weighted by Gasteiger charge is -1.95. The largest absolute Gasteiger partial charge is 0.398 e. The van der Waals surface area contributed by atoms with E-state index < -0.39 is 11.7 Å². The molecule has 0 bridgehead atoms. The van der Waals surface area contributed by atoms with Crippen LogP contribution in [0.1, 0.15) is 0 Å². The predicted molar refractivity (Wildman–Crippen MR) is 42.4 cm³/mol. The Hall–Kier alpha value is -0.910. The molecule has 0 fully saturated rings. The average molecular weight is 223 g/mol. The lowest BCUT2D eigenvalue weighted by atomic mass is 10.3. The van der Waals surface area contributed by atoms with Crippen LogP contribution in [0, 0.1) is 0 Å². The summed E-state index contributed by atoms with van der Waals surface area (Å²) in [6.45, 7) is 0. The minimum atomic E-state index is -0.892. The number of rotatable bonds is 4. The number of alkyl halides is 1. The molecule has 0 aliphatic rings. The number of Topliss-reactive ketones (excluding diaryl/α,β-unsaturated/α-hetero) is 1. The first-order valence-electron chi connectivity index (χ1n) is 2.63. The molecule has 0 aromatic carbocycles. The Kier molecular flexibility index (Phi) is 4.44. The van der Waals surface area contributed by atoms with E-state index in [1.54, 1.807) is 0 Å². The third-order valence-corrected chi connectivity index (χ3v) is 1.31. The summed E-state index contributed by atoms with van der Waals surface area (Å²) >= 11 is 2.86. The number of amides is 1. The van der Waals surface area contributed by atoms with Gasteiger partial charge in [-0.2, -0.15) is 0 Å². The fraction of sp³-hybridized carbons (Fsp3) is 0.400. The highest BCUT2D eigenvalue weighted by Crippen LogP contribution is 1.88. The minimum Gasteiger partial charge on any atom is -0.398 e. The Morgan fingerprint density at radius 3 is 2.45 bits per heavy atom. The van der Waals surface area contributed by atoms with E-state index in [2.05, 4.69) is 25.9 Å². The molecular weight excluding hydrogens is 216 g/mol. The summed E-state index contributed by atoms with van der Waals surface area (Å²) in [6, 6.07) is 0. The van der Waals surface area contributed by atoms with Crippen LogP contribution in [-0.4, -0.2) is 29.8 Å². The molecule has 5 nitrogen and oxygen atoms in total. The molecule has 0 heterocycles. The van der Waals surface area contributed by atoms with Crippen LogP contribution < -0.4 is 5.73 Å². The van der Waals surface area contributed by atoms with Crippen LogP contribution in [0.25, 0.3) is 0 Å². The molecule has 0 aromatic heterocycles. The van der Waals surface area contributed by atoms with Gasteiger partial charge < -0.3 is 10.6 Å². The van der Waals surface area contributed by atoms with Crippen molar-refractivity contribution < 1.29 is 14.4 Å². The quantitative estimate of drug-likeness (QED) is 0.300. The van der Waals surface area contributed by atoms with Crippen LogP contribution >= 0.6 is 15.9 Å². The summed E-state index contributed by atoms with van der Waals surface area (Å²) in [5, 5.41) is 3.16. The third-order valence-electron chi connectivity index (χ3n) is 0.801. The molecule has 0 aromatic rings. The molecule has 2 N–H and O–H groups in total. The maximum absolute atomic E-state index is 10.8. The third kappa shape index (κ3) is 3.13. The summed E-state index contributed by atoms with van der Waals surface area (Å²) in [5.41, 5.74) is 4.42. The molecule has 62 valence electrons. The molecular formula is C5H7BrN2O3. The Morgan fingerprint density at radius 1 is 1.64 bits per heavy atom. The molecule has 0 radical (unpaired) electrons. The summed E-state index contributed by atoms with van der Waals surface area (Å²) < 4.78 is 0. The highest BCUT2D eigenvalue weighted by Gasteiger charge is 2.16. The van der Waals surface area contributed by atoms with E-state index in [1.807, 2.05) is 0 Å². The molecule has 0 aliphatic heterocycles. The first-order chi connectivity index (χ1) is 5.13. The molecule has 0 spiro atoms. The smallest absolute Gasteiger partial charge is 0.274 e. The van der Waals surface area contributed by atoms with E-state index in [0.717, 1.165) is 0 Å². The number of hydrogen-bond donors (Lipinski definition) is 1. The zero-order valence-electron chi connectivity index (χ0n) is 5.83. The molecule has 0 saturated carbocycles. The molecule has 1 amide bonds. The summed E-state index contributed by atoms with van der Waals surface area (Å²) in [4.78, 5) is 25.5. The number of carbonyl (C=O) groups excluding carboxylic acids is 2. The molecule has 0 saturated heterocycles. The second kappa shape index (κ2) is 4.84. The van der Waals surface area contributed by atoms with Crippen molar-refractivity contribution in [1.29, 1.82) is 0 Å². The van der Waals surface area contributed by atoms with Crippen LogP contribution in [0.5, 0.6) is 0 Å². The number of nitrogens with two attached hydrogens (primary N) is 1. The number of carbonyl (C=O) groups is 2. The van der Waals surface area contributed by atoms with E-state index in [-0.39, 0.29) is 11.0 Å². The van der Waals surface area contributed by atoms with Crippen LogP contribution in [0.3, 0.4) is 0 Å². The van der Waals surface area contributed by atoms with Crippen LogP contribution in [0.4, 0.5) is 0 Å². The normalized spacial score (nSPS) is 10.9. The summed E-state index contributed by atoms with van der Waals surface area (Å²) in [7, 11) is 1.23. The maximum atomic E-state index is 10.8. The highest BCUT2D eigenvalue weighted by atomic mass is 79.9. The van der Waals surface area contributed by atoms with Crippen molar-refractivity contribution in [3.05, 3.63) is 0 Å². The number of oxime groups is 1. The Morgan fingerprint density at radius 2 is 2.18 bits per heavy atom. The van der Waals surface area contributed by atoms with Gasteiger partial charge in [0.25, 0.3) is 5.91 Å². The zero-order valence-corrected chi connectivity index (χ0v) is 7.42. The van der Waals surface area contributed by atoms with Crippen LogP contribution in [0.2, 0.25) is 0 Å². The monoisotopic (exact) mass is 222 g/mol. The summed E-state index contributed by atoms with van der Waals surface area (Å²) in [6.07, 6.45) is 0. The lowest BCUT2D eigenvalue weighted by molar-refractivity contribution is -0.115. The number of primary amides is 1. The SMILES string of the molecule is CO/N=C(\C(N)=O)C(=O)CBr. The second-order valence-electron chi connectivity index (χ2n) is 1.54. The van der Waals surface area contributed by atoms with Crippen molar-refractivity contribution in [2.75, 3.05) is 12.4 Å². The first kappa shape index (κ1) is 10.1. The second-order valence-corrected chi connectivity index (χ2v) is 2.10. The van der Waals surface area contributed by atoms with Crippen molar-refractivity contribution >= 4 is 33.3 Å². The van der Waals surface area contributed by atoms with Crippen LogP contribution in [0.15, 0.2) is 5.16 Å². The van der Waals surface area contributed by atoms with Gasteiger partial charge in [0.1, 0.15) is 7.11 Å². The molecule has 0 unspecified atom stereocenters. The van der Waals surface area contributed by atoms with Crippen molar-refractivity contribution in [1.82, 2.24) is 0 Å². The number of hydrogen-bond acceptors (Lipinski definition) is 4. The zero-order chi connectivity index (χ0) is 8.85. The number of nitrogens with zero attached hydrogens (tertiary/aromatic N) is 1. The highest BCUT2D eigenvalue weighted by molar-refractivity contribution is 9.09. The Bertz CT molecular complexity index is 202. The van der Waals surface area contributed by atoms with Gasteiger partial charge in [-0.3, -0.25) is 9.59 Å². The average Bonchev–Trinajstić information content (AvgIpc) is 1.98. The van der Waals surface area contributed by atoms with Crippen molar-refractivity contribution in [2.45, 2.75) is 0 Å². The fourth-order valence-electron chi connectivity index (χ4n) is 0.388. The van der Waals surface area contributed by atoms with E-state index in [4.69, 9.17) is 5.73 Å².